The molecule has 3 rings (SSSR count). The molecule has 0 aliphatic heterocycles. The second-order valence-corrected chi connectivity index (χ2v) is 5.86. The van der Waals surface area contributed by atoms with E-state index in [1.165, 1.54) is 0 Å². The molecule has 0 spiro atoms. The molecule has 0 radical (unpaired) electrons. The third kappa shape index (κ3) is 3.50. The highest BCUT2D eigenvalue weighted by Crippen LogP contribution is 2.26. The third-order valence-electron chi connectivity index (χ3n) is 3.93. The lowest BCUT2D eigenvalue weighted by Gasteiger charge is -2.06. The van der Waals surface area contributed by atoms with E-state index in [2.05, 4.69) is 22.1 Å². The molecule has 126 valence electrons. The summed E-state index contributed by atoms with van der Waals surface area (Å²) in [6, 6.07) is 11.2. The van der Waals surface area contributed by atoms with E-state index in [4.69, 9.17) is 4.42 Å². The van der Waals surface area contributed by atoms with Crippen molar-refractivity contribution in [2.45, 2.75) is 33.1 Å². The molecule has 0 amide bonds. The fourth-order valence-corrected chi connectivity index (χ4v) is 2.62. The van der Waals surface area contributed by atoms with Gasteiger partial charge in [0.15, 0.2) is 0 Å². The number of unbranched alkanes of at least 4 members (excludes halogenated alkanes) is 1. The zero-order chi connectivity index (χ0) is 17.8. The molecule has 0 bridgehead atoms. The Kier molecular flexibility index (Phi) is 4.75. The van der Waals surface area contributed by atoms with Crippen molar-refractivity contribution in [3.63, 3.8) is 0 Å². The number of hydrogen-bond acceptors (Lipinski definition) is 5. The van der Waals surface area contributed by atoms with Crippen LogP contribution < -0.4 is 5.56 Å². The number of pyridine rings is 1. The van der Waals surface area contributed by atoms with Crippen LogP contribution in [-0.4, -0.2) is 15.2 Å². The first-order chi connectivity index (χ1) is 12.1. The van der Waals surface area contributed by atoms with Crippen LogP contribution in [-0.2, 0) is 6.42 Å². The summed E-state index contributed by atoms with van der Waals surface area (Å²) in [4.78, 5) is 14.6. The van der Waals surface area contributed by atoms with E-state index in [-0.39, 0.29) is 11.1 Å². The standard InChI is InChI=1S/C19H18N4O2/c1-3-4-5-17-22-23-19(25-17)14-8-6-13(7-9-14)15-10-12(2)21-18(24)16(15)11-20/h6-10H,3-5H2,1-2H3,(H,21,24). The average Bonchev–Trinajstić information content (AvgIpc) is 3.08. The topological polar surface area (TPSA) is 95.6 Å². The van der Waals surface area contributed by atoms with Gasteiger partial charge in [-0.05, 0) is 37.1 Å². The minimum atomic E-state index is -0.376. The van der Waals surface area contributed by atoms with Crippen molar-refractivity contribution in [3.8, 4) is 28.7 Å². The van der Waals surface area contributed by atoms with E-state index < -0.39 is 0 Å². The van der Waals surface area contributed by atoms with E-state index in [9.17, 15) is 10.1 Å². The summed E-state index contributed by atoms with van der Waals surface area (Å²) in [5.41, 5.74) is 2.65. The molecule has 0 unspecified atom stereocenters. The van der Waals surface area contributed by atoms with Crippen molar-refractivity contribution in [2.24, 2.45) is 0 Å². The lowest BCUT2D eigenvalue weighted by molar-refractivity contribution is 0.496. The molecule has 0 aliphatic carbocycles. The minimum absolute atomic E-state index is 0.109. The van der Waals surface area contributed by atoms with Crippen LogP contribution in [0.2, 0.25) is 0 Å². The van der Waals surface area contributed by atoms with Crippen LogP contribution in [0, 0.1) is 18.3 Å². The van der Waals surface area contributed by atoms with Gasteiger partial charge in [-0.2, -0.15) is 5.26 Å². The number of aromatic nitrogens is 3. The van der Waals surface area contributed by atoms with Gasteiger partial charge >= 0.3 is 0 Å². The van der Waals surface area contributed by atoms with Crippen LogP contribution in [0.15, 0.2) is 39.5 Å². The van der Waals surface area contributed by atoms with Crippen LogP contribution in [0.3, 0.4) is 0 Å². The largest absolute Gasteiger partial charge is 0.421 e. The van der Waals surface area contributed by atoms with Gasteiger partial charge in [0.2, 0.25) is 11.8 Å². The average molecular weight is 334 g/mol. The summed E-state index contributed by atoms with van der Waals surface area (Å²) >= 11 is 0. The molecule has 0 saturated carbocycles. The molecule has 6 nitrogen and oxygen atoms in total. The molecule has 0 saturated heterocycles. The summed E-state index contributed by atoms with van der Waals surface area (Å²) < 4.78 is 5.67. The molecule has 25 heavy (non-hydrogen) atoms. The highest BCUT2D eigenvalue weighted by molar-refractivity contribution is 5.72. The number of benzene rings is 1. The minimum Gasteiger partial charge on any atom is -0.421 e. The first-order valence-electron chi connectivity index (χ1n) is 8.19. The smallest absolute Gasteiger partial charge is 0.266 e. The number of nitrogens with one attached hydrogen (secondary N) is 1. The molecule has 6 heteroatoms. The third-order valence-corrected chi connectivity index (χ3v) is 3.93. The Morgan fingerprint density at radius 1 is 1.20 bits per heavy atom. The van der Waals surface area contributed by atoms with Crippen LogP contribution in [0.25, 0.3) is 22.6 Å². The number of H-pyrrole nitrogens is 1. The van der Waals surface area contributed by atoms with Crippen LogP contribution in [0.4, 0.5) is 0 Å². The van der Waals surface area contributed by atoms with Crippen molar-refractivity contribution < 1.29 is 4.42 Å². The Morgan fingerprint density at radius 2 is 1.92 bits per heavy atom. The lowest BCUT2D eigenvalue weighted by atomic mass is 10.00. The predicted octanol–water partition coefficient (Wildman–Crippen LogP) is 3.61. The lowest BCUT2D eigenvalue weighted by Crippen LogP contribution is -2.12. The van der Waals surface area contributed by atoms with E-state index in [1.54, 1.807) is 13.0 Å². The molecule has 0 fully saturated rings. The normalized spacial score (nSPS) is 10.6. The van der Waals surface area contributed by atoms with Crippen molar-refractivity contribution >= 4 is 0 Å². The molecule has 1 N–H and O–H groups in total. The Hall–Kier alpha value is -3.20. The van der Waals surface area contributed by atoms with E-state index in [0.29, 0.717) is 23.0 Å². The van der Waals surface area contributed by atoms with Crippen molar-refractivity contribution in [1.82, 2.24) is 15.2 Å². The van der Waals surface area contributed by atoms with E-state index in [0.717, 1.165) is 30.4 Å². The SMILES string of the molecule is CCCCc1nnc(-c2ccc(-c3cc(C)[nH]c(=O)c3C#N)cc2)o1. The molecule has 0 aliphatic rings. The van der Waals surface area contributed by atoms with Gasteiger partial charge in [0.25, 0.3) is 5.56 Å². The predicted molar refractivity (Wildman–Crippen MR) is 93.9 cm³/mol. The Labute approximate surface area is 145 Å². The van der Waals surface area contributed by atoms with Gasteiger partial charge in [-0.15, -0.1) is 10.2 Å². The zero-order valence-corrected chi connectivity index (χ0v) is 14.2. The summed E-state index contributed by atoms with van der Waals surface area (Å²) in [5, 5.41) is 17.4. The second-order valence-electron chi connectivity index (χ2n) is 5.86. The maximum absolute atomic E-state index is 11.9. The first kappa shape index (κ1) is 16.7. The van der Waals surface area contributed by atoms with Gasteiger partial charge in [0.1, 0.15) is 11.6 Å². The van der Waals surface area contributed by atoms with Gasteiger partial charge in [0.05, 0.1) is 0 Å². The van der Waals surface area contributed by atoms with Crippen molar-refractivity contribution in [3.05, 3.63) is 57.8 Å². The van der Waals surface area contributed by atoms with Gasteiger partial charge in [-0.3, -0.25) is 4.79 Å². The Bertz CT molecular complexity index is 978. The number of nitrogens with zero attached hydrogens (tertiary/aromatic N) is 3. The van der Waals surface area contributed by atoms with Crippen LogP contribution in [0.5, 0.6) is 0 Å². The number of rotatable bonds is 5. The van der Waals surface area contributed by atoms with E-state index >= 15 is 0 Å². The molecule has 2 aromatic heterocycles. The molecule has 0 atom stereocenters. The molecule has 2 heterocycles. The van der Waals surface area contributed by atoms with Crippen LogP contribution >= 0.6 is 0 Å². The van der Waals surface area contributed by atoms with Crippen molar-refractivity contribution in [1.29, 1.82) is 5.26 Å². The summed E-state index contributed by atoms with van der Waals surface area (Å²) in [5.74, 6) is 1.11. The number of aromatic amines is 1. The number of hydrogen-bond donors (Lipinski definition) is 1. The highest BCUT2D eigenvalue weighted by atomic mass is 16.4. The van der Waals surface area contributed by atoms with Gasteiger partial charge < -0.3 is 9.40 Å². The molecule has 3 aromatic rings. The highest BCUT2D eigenvalue weighted by Gasteiger charge is 2.12. The summed E-state index contributed by atoms with van der Waals surface area (Å²) in [6.07, 6.45) is 2.86. The zero-order valence-electron chi connectivity index (χ0n) is 14.2. The van der Waals surface area contributed by atoms with Crippen molar-refractivity contribution in [2.75, 3.05) is 0 Å². The van der Waals surface area contributed by atoms with E-state index in [1.807, 2.05) is 30.3 Å². The summed E-state index contributed by atoms with van der Waals surface area (Å²) in [7, 11) is 0. The maximum Gasteiger partial charge on any atom is 0.266 e. The van der Waals surface area contributed by atoms with Gasteiger partial charge in [0, 0.05) is 23.2 Å². The van der Waals surface area contributed by atoms with Gasteiger partial charge in [-0.25, -0.2) is 0 Å². The quantitative estimate of drug-likeness (QED) is 0.769. The van der Waals surface area contributed by atoms with Crippen LogP contribution in [0.1, 0.15) is 36.9 Å². The number of nitriles is 1. The Morgan fingerprint density at radius 3 is 2.60 bits per heavy atom. The molecular weight excluding hydrogens is 316 g/mol. The summed E-state index contributed by atoms with van der Waals surface area (Å²) in [6.45, 7) is 3.90. The first-order valence-corrected chi connectivity index (χ1v) is 8.19. The molecule has 1 aromatic carbocycles. The fourth-order valence-electron chi connectivity index (χ4n) is 2.62. The monoisotopic (exact) mass is 334 g/mol. The molecular formula is C19H18N4O2. The fraction of sp³-hybridized carbons (Fsp3) is 0.263. The van der Waals surface area contributed by atoms with Gasteiger partial charge in [-0.1, -0.05) is 25.5 Å². The number of aryl methyl sites for hydroxylation is 2. The second kappa shape index (κ2) is 7.14. The Balaban J connectivity index is 1.92. The maximum atomic E-state index is 11.9.